The third kappa shape index (κ3) is 4.86. The number of benzene rings is 1. The number of hydrogen-bond acceptors (Lipinski definition) is 3. The number of ether oxygens (including phenoxy) is 1. The summed E-state index contributed by atoms with van der Waals surface area (Å²) < 4.78 is 5.93. The van der Waals surface area contributed by atoms with Gasteiger partial charge in [0, 0.05) is 26.1 Å². The van der Waals surface area contributed by atoms with Crippen molar-refractivity contribution in [2.75, 3.05) is 39.3 Å². The Morgan fingerprint density at radius 3 is 2.70 bits per heavy atom. The minimum atomic E-state index is 0.0428. The Balaban J connectivity index is 1.35. The Hall–Kier alpha value is -1.75. The second-order valence-corrected chi connectivity index (χ2v) is 6.42. The molecule has 0 bridgehead atoms. The topological polar surface area (TPSA) is 44.8 Å². The molecule has 2 amide bonds. The van der Waals surface area contributed by atoms with Crippen LogP contribution in [0.2, 0.25) is 0 Å². The van der Waals surface area contributed by atoms with Crippen molar-refractivity contribution in [3.63, 3.8) is 0 Å². The van der Waals surface area contributed by atoms with Crippen LogP contribution in [-0.4, -0.2) is 61.2 Å². The lowest BCUT2D eigenvalue weighted by Crippen LogP contribution is -2.43. The van der Waals surface area contributed by atoms with Crippen molar-refractivity contribution in [1.29, 1.82) is 0 Å². The lowest BCUT2D eigenvalue weighted by atomic mass is 10.1. The van der Waals surface area contributed by atoms with E-state index in [1.807, 2.05) is 35.2 Å². The second kappa shape index (κ2) is 8.20. The fourth-order valence-electron chi connectivity index (χ4n) is 3.32. The molecule has 2 aliphatic heterocycles. The number of amides is 2. The third-order valence-electron chi connectivity index (χ3n) is 4.63. The zero-order valence-corrected chi connectivity index (χ0v) is 13.7. The minimum Gasteiger partial charge on any atom is -0.489 e. The summed E-state index contributed by atoms with van der Waals surface area (Å²) in [5.74, 6) is 0.879. The Kier molecular flexibility index (Phi) is 5.75. The highest BCUT2D eigenvalue weighted by atomic mass is 16.5. The Bertz CT molecular complexity index is 488. The maximum Gasteiger partial charge on any atom is 0.317 e. The quantitative estimate of drug-likeness (QED) is 0.906. The monoisotopic (exact) mass is 317 g/mol. The molecule has 1 N–H and O–H groups in total. The van der Waals surface area contributed by atoms with Gasteiger partial charge in [0.1, 0.15) is 11.9 Å². The summed E-state index contributed by atoms with van der Waals surface area (Å²) >= 11 is 0. The van der Waals surface area contributed by atoms with Crippen molar-refractivity contribution < 1.29 is 9.53 Å². The van der Waals surface area contributed by atoms with Crippen molar-refractivity contribution >= 4 is 6.03 Å². The van der Waals surface area contributed by atoms with Crippen LogP contribution in [0.4, 0.5) is 4.79 Å². The molecule has 1 aromatic carbocycles. The summed E-state index contributed by atoms with van der Waals surface area (Å²) in [6.45, 7) is 5.49. The molecule has 0 aromatic heterocycles. The molecular weight excluding hydrogens is 290 g/mol. The first-order chi connectivity index (χ1) is 11.3. The van der Waals surface area contributed by atoms with E-state index < -0.39 is 0 Å². The molecule has 5 nitrogen and oxygen atoms in total. The molecule has 2 fully saturated rings. The van der Waals surface area contributed by atoms with Crippen LogP contribution < -0.4 is 10.1 Å². The number of piperidine rings is 1. The van der Waals surface area contributed by atoms with Gasteiger partial charge in [0.25, 0.3) is 0 Å². The first-order valence-electron chi connectivity index (χ1n) is 8.78. The predicted molar refractivity (Wildman–Crippen MR) is 90.7 cm³/mol. The largest absolute Gasteiger partial charge is 0.489 e. The lowest BCUT2D eigenvalue weighted by molar-refractivity contribution is 0.183. The maximum atomic E-state index is 12.2. The number of nitrogens with one attached hydrogen (secondary N) is 1. The molecule has 126 valence electrons. The number of para-hydroxylation sites is 1. The first-order valence-corrected chi connectivity index (χ1v) is 8.78. The highest BCUT2D eigenvalue weighted by Gasteiger charge is 2.27. The predicted octanol–water partition coefficient (Wildman–Crippen LogP) is 2.34. The van der Waals surface area contributed by atoms with E-state index in [0.717, 1.165) is 31.8 Å². The minimum absolute atomic E-state index is 0.0428. The number of urea groups is 1. The van der Waals surface area contributed by atoms with Crippen LogP contribution in [0.25, 0.3) is 0 Å². The van der Waals surface area contributed by atoms with E-state index in [9.17, 15) is 4.79 Å². The van der Waals surface area contributed by atoms with Crippen LogP contribution in [0.15, 0.2) is 30.3 Å². The van der Waals surface area contributed by atoms with E-state index in [0.29, 0.717) is 6.54 Å². The van der Waals surface area contributed by atoms with E-state index in [2.05, 4.69) is 10.2 Å². The van der Waals surface area contributed by atoms with Gasteiger partial charge in [-0.1, -0.05) is 24.6 Å². The van der Waals surface area contributed by atoms with Crippen LogP contribution in [0, 0.1) is 0 Å². The van der Waals surface area contributed by atoms with Crippen LogP contribution in [0.3, 0.4) is 0 Å². The number of nitrogens with zero attached hydrogens (tertiary/aromatic N) is 2. The molecule has 1 aromatic rings. The molecule has 2 heterocycles. The van der Waals surface area contributed by atoms with Gasteiger partial charge in [-0.05, 0) is 38.1 Å². The van der Waals surface area contributed by atoms with Crippen LogP contribution in [-0.2, 0) is 0 Å². The number of likely N-dealkylation sites (tertiary alicyclic amines) is 2. The van der Waals surface area contributed by atoms with Crippen molar-refractivity contribution in [2.24, 2.45) is 0 Å². The van der Waals surface area contributed by atoms with Gasteiger partial charge >= 0.3 is 6.03 Å². The zero-order valence-electron chi connectivity index (χ0n) is 13.7. The molecule has 0 aliphatic carbocycles. The summed E-state index contributed by atoms with van der Waals surface area (Å²) in [5, 5.41) is 3.05. The summed E-state index contributed by atoms with van der Waals surface area (Å²) in [5.41, 5.74) is 0. The normalized spacial score (nSPS) is 22.1. The van der Waals surface area contributed by atoms with Gasteiger partial charge in [0.05, 0.1) is 6.54 Å². The van der Waals surface area contributed by atoms with E-state index >= 15 is 0 Å². The molecule has 0 spiro atoms. The summed E-state index contributed by atoms with van der Waals surface area (Å²) in [6, 6.07) is 9.87. The molecule has 23 heavy (non-hydrogen) atoms. The first kappa shape index (κ1) is 16.1. The van der Waals surface area contributed by atoms with Crippen molar-refractivity contribution in [3.8, 4) is 5.75 Å². The van der Waals surface area contributed by atoms with E-state index in [4.69, 9.17) is 4.74 Å². The molecule has 0 saturated carbocycles. The molecule has 2 aliphatic rings. The molecule has 3 rings (SSSR count). The average Bonchev–Trinajstić information content (AvgIpc) is 3.05. The average molecular weight is 317 g/mol. The van der Waals surface area contributed by atoms with Crippen LogP contribution in [0.1, 0.15) is 25.7 Å². The molecule has 1 atom stereocenters. The van der Waals surface area contributed by atoms with Gasteiger partial charge in [-0.15, -0.1) is 0 Å². The maximum absolute atomic E-state index is 12.2. The molecule has 0 radical (unpaired) electrons. The highest BCUT2D eigenvalue weighted by Crippen LogP contribution is 2.17. The van der Waals surface area contributed by atoms with Crippen molar-refractivity contribution in [2.45, 2.75) is 31.8 Å². The number of carbonyl (C=O) groups excluding carboxylic acids is 1. The van der Waals surface area contributed by atoms with Gasteiger partial charge in [-0.2, -0.15) is 0 Å². The summed E-state index contributed by atoms with van der Waals surface area (Å²) in [6.07, 6.45) is 4.93. The summed E-state index contributed by atoms with van der Waals surface area (Å²) in [7, 11) is 0. The van der Waals surface area contributed by atoms with Gasteiger partial charge < -0.3 is 19.9 Å². The lowest BCUT2D eigenvalue weighted by Gasteiger charge is -2.26. The zero-order chi connectivity index (χ0) is 15.9. The Morgan fingerprint density at radius 2 is 1.91 bits per heavy atom. The van der Waals surface area contributed by atoms with Crippen molar-refractivity contribution in [1.82, 2.24) is 15.1 Å². The molecule has 1 unspecified atom stereocenters. The van der Waals surface area contributed by atoms with Gasteiger partial charge in [-0.25, -0.2) is 4.79 Å². The number of carbonyl (C=O) groups is 1. The third-order valence-corrected chi connectivity index (χ3v) is 4.63. The standard InChI is InChI=1S/C18H27N3O2/c22-18(19-10-14-20-11-5-2-6-12-20)21-13-9-17(15-21)23-16-7-3-1-4-8-16/h1,3-4,7-8,17H,2,5-6,9-15H2,(H,19,22). The molecule has 2 saturated heterocycles. The fourth-order valence-corrected chi connectivity index (χ4v) is 3.32. The number of hydrogen-bond donors (Lipinski definition) is 1. The SMILES string of the molecule is O=C(NCCN1CCCCC1)N1CCC(Oc2ccccc2)C1. The van der Waals surface area contributed by atoms with Crippen molar-refractivity contribution in [3.05, 3.63) is 30.3 Å². The van der Waals surface area contributed by atoms with Gasteiger partial charge in [0.15, 0.2) is 0 Å². The molecular formula is C18H27N3O2. The second-order valence-electron chi connectivity index (χ2n) is 6.42. The fraction of sp³-hybridized carbons (Fsp3) is 0.611. The van der Waals surface area contributed by atoms with Gasteiger partial charge in [0.2, 0.25) is 0 Å². The van der Waals surface area contributed by atoms with E-state index in [1.165, 1.54) is 32.4 Å². The smallest absolute Gasteiger partial charge is 0.317 e. The van der Waals surface area contributed by atoms with Crippen LogP contribution >= 0.6 is 0 Å². The van der Waals surface area contributed by atoms with E-state index in [1.54, 1.807) is 0 Å². The number of rotatable bonds is 5. The van der Waals surface area contributed by atoms with Crippen LogP contribution in [0.5, 0.6) is 5.75 Å². The Morgan fingerprint density at radius 1 is 1.13 bits per heavy atom. The highest BCUT2D eigenvalue weighted by molar-refractivity contribution is 5.74. The summed E-state index contributed by atoms with van der Waals surface area (Å²) in [4.78, 5) is 16.5. The van der Waals surface area contributed by atoms with E-state index in [-0.39, 0.29) is 12.1 Å². The molecule has 5 heteroatoms. The Labute approximate surface area is 138 Å². The van der Waals surface area contributed by atoms with Gasteiger partial charge in [-0.3, -0.25) is 0 Å².